The quantitative estimate of drug-likeness (QED) is 0.117. The average Bonchev–Trinajstić information content (AvgIpc) is 3.05. The summed E-state index contributed by atoms with van der Waals surface area (Å²) >= 11 is 0. The molecule has 5 nitrogen and oxygen atoms in total. The summed E-state index contributed by atoms with van der Waals surface area (Å²) in [5.74, 6) is -1.80. The van der Waals surface area contributed by atoms with E-state index >= 15 is 0 Å². The predicted molar refractivity (Wildman–Crippen MR) is 183 cm³/mol. The molecular weight excluding hydrogens is 582 g/mol. The molecule has 0 aromatic heterocycles. The minimum absolute atomic E-state index is 0.0126. The van der Waals surface area contributed by atoms with Crippen LogP contribution in [0.4, 0.5) is 8.78 Å². The highest BCUT2D eigenvalue weighted by atomic mass is 19.1. The molecule has 46 heavy (non-hydrogen) atoms. The van der Waals surface area contributed by atoms with Crippen LogP contribution in [-0.4, -0.2) is 42.1 Å². The van der Waals surface area contributed by atoms with Crippen molar-refractivity contribution in [1.29, 1.82) is 0 Å². The van der Waals surface area contributed by atoms with Crippen molar-refractivity contribution < 1.29 is 23.2 Å². The summed E-state index contributed by atoms with van der Waals surface area (Å²) in [6.45, 7) is 2.82. The second-order valence-corrected chi connectivity index (χ2v) is 12.4. The summed E-state index contributed by atoms with van der Waals surface area (Å²) in [7, 11) is 0. The van der Waals surface area contributed by atoms with Crippen molar-refractivity contribution >= 4 is 29.7 Å². The van der Waals surface area contributed by atoms with Gasteiger partial charge in [0.15, 0.2) is 5.78 Å². The fourth-order valence-electron chi connectivity index (χ4n) is 5.79. The summed E-state index contributed by atoms with van der Waals surface area (Å²) in [4.78, 5) is 40.4. The molecule has 3 rings (SSSR count). The van der Waals surface area contributed by atoms with E-state index in [2.05, 4.69) is 12.2 Å². The molecule has 1 N–H and O–H groups in total. The van der Waals surface area contributed by atoms with Gasteiger partial charge in [-0.25, -0.2) is 8.78 Å². The van der Waals surface area contributed by atoms with Crippen LogP contribution < -0.4 is 5.32 Å². The van der Waals surface area contributed by atoms with Crippen molar-refractivity contribution in [3.05, 3.63) is 82.4 Å². The van der Waals surface area contributed by atoms with Crippen LogP contribution in [0.2, 0.25) is 0 Å². The van der Waals surface area contributed by atoms with E-state index in [1.807, 2.05) is 0 Å². The van der Waals surface area contributed by atoms with E-state index in [0.29, 0.717) is 6.54 Å². The molecular formula is C39H52F2N2O3. The van der Waals surface area contributed by atoms with Crippen LogP contribution in [0.3, 0.4) is 0 Å². The standard InChI is InChI=1S/C39H52F2N2O3/c1-2-3-4-5-6-7-8-9-10-11-12-13-14-19-26-42-37(44)24-25-38(45)43-29-33(27-31-20-15-17-22-35(31)40)39(46)34(30-43)28-32-21-16-18-23-36(32)41/h15-18,20-23,27-28H,2-14,19,24-26,29-30H2,1H3,(H,42,44)/b33-27-,34-28+. The molecule has 0 spiro atoms. The summed E-state index contributed by atoms with van der Waals surface area (Å²) in [6.07, 6.45) is 20.8. The maximum absolute atomic E-state index is 14.4. The zero-order chi connectivity index (χ0) is 33.0. The lowest BCUT2D eigenvalue weighted by Crippen LogP contribution is -2.42. The van der Waals surface area contributed by atoms with Gasteiger partial charge in [0.1, 0.15) is 11.6 Å². The van der Waals surface area contributed by atoms with Crippen LogP contribution in [0.15, 0.2) is 59.7 Å². The number of nitrogens with one attached hydrogen (secondary N) is 1. The van der Waals surface area contributed by atoms with Gasteiger partial charge in [-0.1, -0.05) is 127 Å². The topological polar surface area (TPSA) is 66.5 Å². The van der Waals surface area contributed by atoms with Crippen LogP contribution in [-0.2, 0) is 14.4 Å². The molecule has 2 amide bonds. The van der Waals surface area contributed by atoms with E-state index in [1.165, 1.54) is 106 Å². The summed E-state index contributed by atoms with van der Waals surface area (Å²) in [6, 6.07) is 12.2. The summed E-state index contributed by atoms with van der Waals surface area (Å²) in [5.41, 5.74) is 0.922. The number of likely N-dealkylation sites (tertiary alicyclic amines) is 1. The second kappa shape index (κ2) is 21.2. The van der Waals surface area contributed by atoms with Crippen LogP contribution in [0.5, 0.6) is 0 Å². The number of piperidine rings is 1. The lowest BCUT2D eigenvalue weighted by molar-refractivity contribution is -0.133. The first-order valence-corrected chi connectivity index (χ1v) is 17.4. The molecule has 0 aliphatic carbocycles. The monoisotopic (exact) mass is 634 g/mol. The molecule has 1 fully saturated rings. The van der Waals surface area contributed by atoms with Gasteiger partial charge in [0.05, 0.1) is 0 Å². The average molecular weight is 635 g/mol. The number of ketones is 1. The summed E-state index contributed by atoms with van der Waals surface area (Å²) in [5, 5.41) is 2.92. The number of unbranched alkanes of at least 4 members (excludes halogenated alkanes) is 13. The highest BCUT2D eigenvalue weighted by molar-refractivity contribution is 6.15. The Morgan fingerprint density at radius 3 is 1.57 bits per heavy atom. The van der Waals surface area contributed by atoms with Gasteiger partial charge in [0.25, 0.3) is 0 Å². The van der Waals surface area contributed by atoms with Gasteiger partial charge in [-0.05, 0) is 30.7 Å². The molecule has 0 bridgehead atoms. The van der Waals surface area contributed by atoms with Crippen molar-refractivity contribution in [2.75, 3.05) is 19.6 Å². The SMILES string of the molecule is CCCCCCCCCCCCCCCCNC(=O)CCC(=O)N1C/C(=C/c2ccccc2F)C(=O)/C(=C/c2ccccc2F)C1. The molecule has 1 heterocycles. The first-order valence-electron chi connectivity index (χ1n) is 17.4. The Morgan fingerprint density at radius 1 is 0.674 bits per heavy atom. The van der Waals surface area contributed by atoms with Gasteiger partial charge in [0.2, 0.25) is 11.8 Å². The minimum Gasteiger partial charge on any atom is -0.356 e. The van der Waals surface area contributed by atoms with Gasteiger partial charge in [-0.3, -0.25) is 14.4 Å². The maximum atomic E-state index is 14.4. The van der Waals surface area contributed by atoms with E-state index < -0.39 is 11.6 Å². The van der Waals surface area contributed by atoms with Gasteiger partial charge in [0, 0.05) is 54.7 Å². The molecule has 250 valence electrons. The highest BCUT2D eigenvalue weighted by Gasteiger charge is 2.29. The van der Waals surface area contributed by atoms with E-state index in [0.717, 1.165) is 12.8 Å². The normalized spacial score (nSPS) is 15.1. The molecule has 7 heteroatoms. The molecule has 2 aromatic carbocycles. The van der Waals surface area contributed by atoms with E-state index in [4.69, 9.17) is 0 Å². The van der Waals surface area contributed by atoms with Crippen molar-refractivity contribution in [1.82, 2.24) is 10.2 Å². The van der Waals surface area contributed by atoms with Crippen LogP contribution in [0, 0.1) is 11.6 Å². The van der Waals surface area contributed by atoms with E-state index in [-0.39, 0.29) is 65.8 Å². The zero-order valence-electron chi connectivity index (χ0n) is 27.6. The third kappa shape index (κ3) is 13.4. The van der Waals surface area contributed by atoms with Gasteiger partial charge >= 0.3 is 0 Å². The Bertz CT molecular complexity index is 1250. The number of carbonyl (C=O) groups excluding carboxylic acids is 3. The molecule has 1 aliphatic heterocycles. The van der Waals surface area contributed by atoms with Crippen LogP contribution >= 0.6 is 0 Å². The van der Waals surface area contributed by atoms with Crippen molar-refractivity contribution in [2.24, 2.45) is 0 Å². The molecule has 0 unspecified atom stereocenters. The first kappa shape index (κ1) is 36.9. The second-order valence-electron chi connectivity index (χ2n) is 12.4. The van der Waals surface area contributed by atoms with Crippen molar-refractivity contribution in [2.45, 2.75) is 110 Å². The van der Waals surface area contributed by atoms with E-state index in [1.54, 1.807) is 36.4 Å². The van der Waals surface area contributed by atoms with Crippen molar-refractivity contribution in [3.63, 3.8) is 0 Å². The van der Waals surface area contributed by atoms with Gasteiger partial charge in [-0.15, -0.1) is 0 Å². The first-order chi connectivity index (χ1) is 22.4. The lowest BCUT2D eigenvalue weighted by atomic mass is 9.93. The number of nitrogens with zero attached hydrogens (tertiary/aromatic N) is 1. The third-order valence-electron chi connectivity index (χ3n) is 8.55. The van der Waals surface area contributed by atoms with E-state index in [9.17, 15) is 23.2 Å². The fourth-order valence-corrected chi connectivity index (χ4v) is 5.79. The number of carbonyl (C=O) groups is 3. The number of benzene rings is 2. The summed E-state index contributed by atoms with van der Waals surface area (Å²) < 4.78 is 28.8. The number of amides is 2. The smallest absolute Gasteiger partial charge is 0.223 e. The number of hydrogen-bond donors (Lipinski definition) is 1. The number of halogens is 2. The third-order valence-corrected chi connectivity index (χ3v) is 8.55. The van der Waals surface area contributed by atoms with Gasteiger partial charge in [-0.2, -0.15) is 0 Å². The molecule has 1 saturated heterocycles. The largest absolute Gasteiger partial charge is 0.356 e. The zero-order valence-corrected chi connectivity index (χ0v) is 27.6. The number of hydrogen-bond acceptors (Lipinski definition) is 3. The molecule has 2 aromatic rings. The molecule has 0 atom stereocenters. The maximum Gasteiger partial charge on any atom is 0.223 e. The lowest BCUT2D eigenvalue weighted by Gasteiger charge is -2.30. The Hall–Kier alpha value is -3.61. The van der Waals surface area contributed by atoms with Crippen molar-refractivity contribution in [3.8, 4) is 0 Å². The van der Waals surface area contributed by atoms with Crippen LogP contribution in [0.25, 0.3) is 12.2 Å². The van der Waals surface area contributed by atoms with Gasteiger partial charge < -0.3 is 10.2 Å². The number of rotatable bonds is 20. The molecule has 0 radical (unpaired) electrons. The predicted octanol–water partition coefficient (Wildman–Crippen LogP) is 9.22. The molecule has 0 saturated carbocycles. The Labute approximate surface area is 274 Å². The Morgan fingerprint density at radius 2 is 1.11 bits per heavy atom. The minimum atomic E-state index is -0.485. The Kier molecular flexibility index (Phi) is 17.0. The number of Topliss-reactive ketones (excluding diaryl/α,β-unsaturated/α-hetero) is 1. The fraction of sp³-hybridized carbons (Fsp3) is 0.513. The highest BCUT2D eigenvalue weighted by Crippen LogP contribution is 2.24. The van der Waals surface area contributed by atoms with Crippen LogP contribution in [0.1, 0.15) is 121 Å². The Balaban J connectivity index is 1.39. The molecule has 1 aliphatic rings.